The van der Waals surface area contributed by atoms with E-state index in [0.717, 1.165) is 75.9 Å². The SMILES string of the molecule is CC(C)C1=C2C3CCC4C(C)(CCC5C(C)(C)C(OC(=O)CC(C)(C)C=O)CCC54C)C3CCC2(NC(=O)Cc2ccccc2)CC1=O.CO. The van der Waals surface area contributed by atoms with Crippen molar-refractivity contribution in [2.24, 2.45) is 51.2 Å². The number of aliphatic hydroxyl groups is 1. The average molecular weight is 690 g/mol. The van der Waals surface area contributed by atoms with E-state index in [2.05, 4.69) is 46.9 Å². The molecular formula is C43H63NO6. The zero-order valence-corrected chi connectivity index (χ0v) is 32.2. The van der Waals surface area contributed by atoms with E-state index < -0.39 is 11.0 Å². The van der Waals surface area contributed by atoms with Crippen LogP contribution in [0.4, 0.5) is 0 Å². The standard InChI is InChI=1S/C42H59NO5.CH4O/c1-26(2)36-30(45)23-42(43-34(46)22-27-12-10-9-11-13-27)21-16-29-28(37(36)42)14-15-32-40(29,7)19-17-31-39(5,6)33(18-20-41(31,32)8)48-35(47)24-38(3,4)25-44;1-2/h9-13,25-26,28-29,31-33H,14-24H2,1-8H3,(H,43,46);2H,1H3. The van der Waals surface area contributed by atoms with E-state index in [0.29, 0.717) is 36.5 Å². The van der Waals surface area contributed by atoms with Crippen LogP contribution in [0.15, 0.2) is 41.5 Å². The molecule has 1 aromatic carbocycles. The van der Waals surface area contributed by atoms with Crippen LogP contribution in [0.25, 0.3) is 0 Å². The number of allylic oxidation sites excluding steroid dienone is 1. The Balaban J connectivity index is 0.00000239. The summed E-state index contributed by atoms with van der Waals surface area (Å²) in [5.41, 5.74) is 2.10. The highest BCUT2D eigenvalue weighted by Gasteiger charge is 2.66. The molecule has 0 radical (unpaired) electrons. The van der Waals surface area contributed by atoms with E-state index in [9.17, 15) is 19.2 Å². The molecule has 4 fully saturated rings. The van der Waals surface area contributed by atoms with Crippen molar-refractivity contribution in [2.75, 3.05) is 7.11 Å². The maximum absolute atomic E-state index is 13.8. The average Bonchev–Trinajstić information content (AvgIpc) is 3.35. The van der Waals surface area contributed by atoms with Crippen LogP contribution in [0.1, 0.15) is 125 Å². The number of Topliss-reactive ketones (excluding diaryl/α,β-unsaturated/α-hetero) is 1. The van der Waals surface area contributed by atoms with Gasteiger partial charge in [-0.15, -0.1) is 0 Å². The number of carbonyl (C=O) groups excluding carboxylic acids is 4. The fourth-order valence-corrected chi connectivity index (χ4v) is 12.3. The molecule has 6 rings (SSSR count). The maximum Gasteiger partial charge on any atom is 0.307 e. The largest absolute Gasteiger partial charge is 0.462 e. The smallest absolute Gasteiger partial charge is 0.307 e. The summed E-state index contributed by atoms with van der Waals surface area (Å²) in [5.74, 6) is 1.89. The first kappa shape index (κ1) is 38.4. The Morgan fingerprint density at radius 1 is 0.940 bits per heavy atom. The van der Waals surface area contributed by atoms with E-state index in [4.69, 9.17) is 9.84 Å². The van der Waals surface area contributed by atoms with Gasteiger partial charge in [0.05, 0.1) is 18.4 Å². The summed E-state index contributed by atoms with van der Waals surface area (Å²) in [6.07, 6.45) is 9.69. The van der Waals surface area contributed by atoms with E-state index >= 15 is 0 Å². The van der Waals surface area contributed by atoms with Gasteiger partial charge in [0.1, 0.15) is 12.4 Å². The molecule has 8 atom stereocenters. The van der Waals surface area contributed by atoms with Gasteiger partial charge in [0, 0.05) is 24.4 Å². The van der Waals surface area contributed by atoms with E-state index in [1.165, 1.54) is 5.57 Å². The van der Waals surface area contributed by atoms with Gasteiger partial charge in [-0.3, -0.25) is 14.4 Å². The molecule has 0 bridgehead atoms. The molecule has 5 aliphatic rings. The van der Waals surface area contributed by atoms with Crippen molar-refractivity contribution in [1.82, 2.24) is 5.32 Å². The summed E-state index contributed by atoms with van der Waals surface area (Å²) in [6.45, 7) is 17.6. The quantitative estimate of drug-likeness (QED) is 0.213. The van der Waals surface area contributed by atoms with Gasteiger partial charge in [-0.2, -0.15) is 0 Å². The second kappa shape index (κ2) is 14.0. The van der Waals surface area contributed by atoms with Crippen LogP contribution < -0.4 is 5.32 Å². The monoisotopic (exact) mass is 689 g/mol. The first-order valence-corrected chi connectivity index (χ1v) is 19.2. The van der Waals surface area contributed by atoms with Crippen LogP contribution in [-0.2, 0) is 30.3 Å². The third-order valence-corrected chi connectivity index (χ3v) is 14.3. The number of fused-ring (bicyclic) bond motifs is 7. The number of hydrogen-bond acceptors (Lipinski definition) is 6. The Hall–Kier alpha value is -2.80. The number of rotatable bonds is 8. The second-order valence-corrected chi connectivity index (χ2v) is 18.5. The molecule has 0 spiro atoms. The molecule has 50 heavy (non-hydrogen) atoms. The van der Waals surface area contributed by atoms with Crippen LogP contribution in [-0.4, -0.2) is 47.8 Å². The van der Waals surface area contributed by atoms with Gasteiger partial charge in [-0.1, -0.05) is 85.7 Å². The van der Waals surface area contributed by atoms with Crippen LogP contribution in [0.5, 0.6) is 0 Å². The summed E-state index contributed by atoms with van der Waals surface area (Å²) in [6, 6.07) is 9.90. The van der Waals surface area contributed by atoms with Gasteiger partial charge in [-0.25, -0.2) is 0 Å². The molecule has 0 heterocycles. The molecule has 7 heteroatoms. The Morgan fingerprint density at radius 3 is 2.24 bits per heavy atom. The van der Waals surface area contributed by atoms with Gasteiger partial charge < -0.3 is 20.0 Å². The maximum atomic E-state index is 13.8. The Labute approximate surface area is 300 Å². The fraction of sp³-hybridized carbons (Fsp3) is 0.721. The molecule has 2 N–H and O–H groups in total. The molecule has 276 valence electrons. The minimum Gasteiger partial charge on any atom is -0.462 e. The van der Waals surface area contributed by atoms with E-state index in [1.54, 1.807) is 13.8 Å². The number of aldehydes is 1. The molecule has 0 saturated heterocycles. The number of nitrogens with one attached hydrogen (secondary N) is 1. The highest BCUT2D eigenvalue weighted by molar-refractivity contribution is 6.02. The predicted molar refractivity (Wildman–Crippen MR) is 196 cm³/mol. The Bertz CT molecular complexity index is 1490. The summed E-state index contributed by atoms with van der Waals surface area (Å²) < 4.78 is 6.19. The van der Waals surface area contributed by atoms with E-state index in [1.807, 2.05) is 30.3 Å². The van der Waals surface area contributed by atoms with E-state index in [-0.39, 0.29) is 52.3 Å². The van der Waals surface area contributed by atoms with Crippen LogP contribution in [0.3, 0.4) is 0 Å². The number of esters is 1. The summed E-state index contributed by atoms with van der Waals surface area (Å²) in [4.78, 5) is 51.9. The van der Waals surface area contributed by atoms with Gasteiger partial charge in [0.2, 0.25) is 5.91 Å². The molecule has 1 amide bonds. The van der Waals surface area contributed by atoms with Gasteiger partial charge >= 0.3 is 5.97 Å². The molecular weight excluding hydrogens is 626 g/mol. The van der Waals surface area contributed by atoms with Crippen molar-refractivity contribution in [1.29, 1.82) is 0 Å². The lowest BCUT2D eigenvalue weighted by atomic mass is 9.37. The molecule has 8 unspecified atom stereocenters. The zero-order valence-electron chi connectivity index (χ0n) is 32.2. The van der Waals surface area contributed by atoms with Crippen LogP contribution >= 0.6 is 0 Å². The number of amides is 1. The number of ketones is 1. The topological polar surface area (TPSA) is 110 Å². The van der Waals surface area contributed by atoms with Crippen molar-refractivity contribution in [3.63, 3.8) is 0 Å². The van der Waals surface area contributed by atoms with Gasteiger partial charge in [-0.05, 0) is 108 Å². The second-order valence-electron chi connectivity index (χ2n) is 18.5. The summed E-state index contributed by atoms with van der Waals surface area (Å²) in [5, 5.41) is 10.5. The van der Waals surface area contributed by atoms with Crippen molar-refractivity contribution in [3.8, 4) is 0 Å². The van der Waals surface area contributed by atoms with Crippen LogP contribution in [0, 0.1) is 51.2 Å². The molecule has 5 aliphatic carbocycles. The highest BCUT2D eigenvalue weighted by atomic mass is 16.5. The summed E-state index contributed by atoms with van der Waals surface area (Å²) in [7, 11) is 1.00. The minimum absolute atomic E-state index is 0.0114. The van der Waals surface area contributed by atoms with Crippen molar-refractivity contribution < 1.29 is 29.0 Å². The first-order chi connectivity index (χ1) is 23.5. The van der Waals surface area contributed by atoms with Crippen molar-refractivity contribution in [3.05, 3.63) is 47.0 Å². The number of benzene rings is 1. The Kier molecular flexibility index (Phi) is 10.7. The zero-order chi connectivity index (χ0) is 36.9. The number of hydrogen-bond donors (Lipinski definition) is 2. The van der Waals surface area contributed by atoms with Gasteiger partial charge in [0.15, 0.2) is 5.78 Å². The third-order valence-electron chi connectivity index (χ3n) is 14.3. The first-order valence-electron chi connectivity index (χ1n) is 19.2. The molecule has 0 aromatic heterocycles. The molecule has 7 nitrogen and oxygen atoms in total. The number of aliphatic hydroxyl groups excluding tert-OH is 1. The minimum atomic E-state index is -0.715. The molecule has 0 aliphatic heterocycles. The Morgan fingerprint density at radius 2 is 1.60 bits per heavy atom. The fourth-order valence-electron chi connectivity index (χ4n) is 12.3. The predicted octanol–water partition coefficient (Wildman–Crippen LogP) is 7.82. The molecule has 4 saturated carbocycles. The lowest BCUT2D eigenvalue weighted by Gasteiger charge is -2.68. The van der Waals surface area contributed by atoms with Crippen LogP contribution in [0.2, 0.25) is 0 Å². The summed E-state index contributed by atoms with van der Waals surface area (Å²) >= 11 is 0. The van der Waals surface area contributed by atoms with Crippen molar-refractivity contribution in [2.45, 2.75) is 138 Å². The number of carbonyl (C=O) groups is 4. The molecule has 1 aromatic rings. The highest BCUT2D eigenvalue weighted by Crippen LogP contribution is 2.72. The third kappa shape index (κ3) is 6.54. The lowest BCUT2D eigenvalue weighted by molar-refractivity contribution is -0.213. The lowest BCUT2D eigenvalue weighted by Crippen LogP contribution is -2.64. The van der Waals surface area contributed by atoms with Crippen molar-refractivity contribution >= 4 is 23.9 Å². The van der Waals surface area contributed by atoms with Gasteiger partial charge in [0.25, 0.3) is 0 Å². The number of ether oxygens (including phenoxy) is 1. The normalized spacial score (nSPS) is 35.8.